The number of thiophene rings is 1. The molecule has 3 aromatic heterocycles. The second kappa shape index (κ2) is 11.5. The molecule has 0 saturated heterocycles. The van der Waals surface area contributed by atoms with E-state index in [2.05, 4.69) is 27.5 Å². The quantitative estimate of drug-likeness (QED) is 0.256. The molecule has 208 valence electrons. The first-order valence-electron chi connectivity index (χ1n) is 13.6. The summed E-state index contributed by atoms with van der Waals surface area (Å²) in [4.78, 5) is 33.0. The van der Waals surface area contributed by atoms with Gasteiger partial charge in [0.25, 0.3) is 5.91 Å². The van der Waals surface area contributed by atoms with Crippen LogP contribution in [0, 0.1) is 0 Å². The number of imidazole rings is 1. The minimum absolute atomic E-state index is 0.258. The molecule has 41 heavy (non-hydrogen) atoms. The molecule has 0 saturated carbocycles. The number of nitrogens with one attached hydrogen (secondary N) is 1. The van der Waals surface area contributed by atoms with Gasteiger partial charge in [0.05, 0.1) is 16.3 Å². The molecule has 11 heteroatoms. The van der Waals surface area contributed by atoms with E-state index in [0.717, 1.165) is 53.0 Å². The number of H-pyrrole nitrogens is 1. The van der Waals surface area contributed by atoms with Gasteiger partial charge in [-0.1, -0.05) is 67.9 Å². The molecule has 1 aliphatic rings. The third kappa shape index (κ3) is 5.16. The molecule has 1 amide bonds. The predicted octanol–water partition coefficient (Wildman–Crippen LogP) is 5.01. The summed E-state index contributed by atoms with van der Waals surface area (Å²) in [6.07, 6.45) is 3.20. The molecular weight excluding hydrogens is 538 g/mol. The van der Waals surface area contributed by atoms with Crippen LogP contribution in [-0.2, 0) is 24.2 Å². The molecule has 0 radical (unpaired) electrons. The monoisotopic (exact) mass is 567 g/mol. The Labute approximate surface area is 240 Å². The molecule has 4 heterocycles. The zero-order chi connectivity index (χ0) is 28.3. The molecule has 10 nitrogen and oxygen atoms in total. The van der Waals surface area contributed by atoms with Gasteiger partial charge in [-0.05, 0) is 45.0 Å². The standard InChI is InChI=1S/C30H29N7O3S/c1-2-3-10-25-31-23-15-16-36(29(38)24-9-6-17-41-24)27(30(39)40)26(23)37(25)18-19-11-13-20(14-12-19)21-7-4-5-8-22(21)28-32-34-35-33-28/h4-9,11-14,17,27H,2-3,10,15-16,18H2,1H3,(H,39,40)(H,32,33,34,35). The van der Waals surface area contributed by atoms with E-state index in [9.17, 15) is 14.7 Å². The highest BCUT2D eigenvalue weighted by Crippen LogP contribution is 2.35. The fourth-order valence-electron chi connectivity index (χ4n) is 5.46. The van der Waals surface area contributed by atoms with Gasteiger partial charge >= 0.3 is 5.97 Å². The van der Waals surface area contributed by atoms with Crippen LogP contribution in [0.15, 0.2) is 66.0 Å². The van der Waals surface area contributed by atoms with E-state index in [1.54, 1.807) is 12.1 Å². The summed E-state index contributed by atoms with van der Waals surface area (Å²) in [5.41, 5.74) is 5.29. The number of hydrogen-bond donors (Lipinski definition) is 2. The number of unbranched alkanes of at least 4 members (excludes halogenated alkanes) is 1. The number of nitrogens with zero attached hydrogens (tertiary/aromatic N) is 6. The van der Waals surface area contributed by atoms with E-state index in [-0.39, 0.29) is 5.91 Å². The molecular formula is C30H29N7O3S. The first-order valence-corrected chi connectivity index (χ1v) is 14.5. The van der Waals surface area contributed by atoms with Crippen molar-refractivity contribution in [1.82, 2.24) is 35.1 Å². The number of carbonyl (C=O) groups is 2. The smallest absolute Gasteiger partial charge is 0.332 e. The summed E-state index contributed by atoms with van der Waals surface area (Å²) < 4.78 is 2.03. The molecule has 1 aliphatic heterocycles. The van der Waals surface area contributed by atoms with Crippen LogP contribution in [0.2, 0.25) is 0 Å². The Morgan fingerprint density at radius 1 is 1.07 bits per heavy atom. The van der Waals surface area contributed by atoms with Gasteiger partial charge in [0.1, 0.15) is 5.82 Å². The van der Waals surface area contributed by atoms with Gasteiger partial charge in [-0.2, -0.15) is 0 Å². The van der Waals surface area contributed by atoms with Crippen molar-refractivity contribution in [3.05, 3.63) is 93.7 Å². The molecule has 1 unspecified atom stereocenters. The van der Waals surface area contributed by atoms with Crippen LogP contribution in [0.3, 0.4) is 0 Å². The lowest BCUT2D eigenvalue weighted by Crippen LogP contribution is -2.44. The fraction of sp³-hybridized carbons (Fsp3) is 0.267. The van der Waals surface area contributed by atoms with Crippen molar-refractivity contribution in [2.24, 2.45) is 0 Å². The van der Waals surface area contributed by atoms with Crippen molar-refractivity contribution in [2.75, 3.05) is 6.54 Å². The van der Waals surface area contributed by atoms with Gasteiger partial charge in [-0.15, -0.1) is 16.4 Å². The molecule has 0 bridgehead atoms. The van der Waals surface area contributed by atoms with Gasteiger partial charge in [0.15, 0.2) is 11.9 Å². The summed E-state index contributed by atoms with van der Waals surface area (Å²) in [7, 11) is 0. The summed E-state index contributed by atoms with van der Waals surface area (Å²) in [5.74, 6) is 0.149. The molecule has 0 aliphatic carbocycles. The number of aromatic nitrogens is 6. The Kier molecular flexibility index (Phi) is 7.43. The number of amides is 1. The summed E-state index contributed by atoms with van der Waals surface area (Å²) >= 11 is 1.32. The molecule has 2 N–H and O–H groups in total. The fourth-order valence-corrected chi connectivity index (χ4v) is 6.14. The maximum Gasteiger partial charge on any atom is 0.332 e. The number of fused-ring (bicyclic) bond motifs is 1. The topological polar surface area (TPSA) is 130 Å². The number of aliphatic carboxylic acids is 1. The Morgan fingerprint density at radius 3 is 2.56 bits per heavy atom. The number of aromatic amines is 1. The third-order valence-corrected chi connectivity index (χ3v) is 8.29. The summed E-state index contributed by atoms with van der Waals surface area (Å²) in [6, 6.07) is 18.6. The van der Waals surface area contributed by atoms with Crippen molar-refractivity contribution < 1.29 is 14.7 Å². The molecule has 0 fully saturated rings. The SMILES string of the molecule is CCCCc1nc2c(n1Cc1ccc(-c3ccccc3-c3nnn[nH]3)cc1)C(C(=O)O)N(C(=O)c1cccs1)CC2. The number of aryl methyl sites for hydroxylation is 1. The number of carboxylic acid groups (broad SMARTS) is 1. The number of carbonyl (C=O) groups excluding carboxylic acids is 1. The van der Waals surface area contributed by atoms with Crippen molar-refractivity contribution in [3.8, 4) is 22.5 Å². The molecule has 0 spiro atoms. The lowest BCUT2D eigenvalue weighted by atomic mass is 9.98. The van der Waals surface area contributed by atoms with Gasteiger partial charge in [0, 0.05) is 31.5 Å². The Balaban J connectivity index is 1.35. The highest BCUT2D eigenvalue weighted by molar-refractivity contribution is 7.12. The summed E-state index contributed by atoms with van der Waals surface area (Å²) in [5, 5.41) is 26.5. The van der Waals surface area contributed by atoms with Crippen molar-refractivity contribution in [3.63, 3.8) is 0 Å². The average molecular weight is 568 g/mol. The van der Waals surface area contributed by atoms with Crippen molar-refractivity contribution in [1.29, 1.82) is 0 Å². The second-order valence-electron chi connectivity index (χ2n) is 10.0. The van der Waals surface area contributed by atoms with E-state index in [0.29, 0.717) is 35.9 Å². The van der Waals surface area contributed by atoms with E-state index in [1.165, 1.54) is 16.2 Å². The Morgan fingerprint density at radius 2 is 1.88 bits per heavy atom. The first-order chi connectivity index (χ1) is 20.0. The largest absolute Gasteiger partial charge is 0.479 e. The van der Waals surface area contributed by atoms with E-state index >= 15 is 0 Å². The van der Waals surface area contributed by atoms with E-state index < -0.39 is 12.0 Å². The third-order valence-electron chi connectivity index (χ3n) is 7.44. The zero-order valence-electron chi connectivity index (χ0n) is 22.5. The van der Waals surface area contributed by atoms with Crippen LogP contribution in [-0.4, -0.2) is 58.6 Å². The van der Waals surface area contributed by atoms with Gasteiger partial charge in [-0.25, -0.2) is 14.9 Å². The summed E-state index contributed by atoms with van der Waals surface area (Å²) in [6.45, 7) is 2.90. The number of rotatable bonds is 9. The van der Waals surface area contributed by atoms with Crippen LogP contribution < -0.4 is 0 Å². The normalized spacial score (nSPS) is 14.7. The van der Waals surface area contributed by atoms with Crippen LogP contribution >= 0.6 is 11.3 Å². The number of benzene rings is 2. The van der Waals surface area contributed by atoms with Crippen LogP contribution in [0.25, 0.3) is 22.5 Å². The molecule has 2 aromatic carbocycles. The predicted molar refractivity (Wildman–Crippen MR) is 154 cm³/mol. The zero-order valence-corrected chi connectivity index (χ0v) is 23.3. The Hall–Kier alpha value is -4.64. The van der Waals surface area contributed by atoms with E-state index in [4.69, 9.17) is 4.98 Å². The maximum atomic E-state index is 13.3. The van der Waals surface area contributed by atoms with Crippen molar-refractivity contribution >= 4 is 23.2 Å². The molecule has 1 atom stereocenters. The number of hydrogen-bond acceptors (Lipinski definition) is 7. The lowest BCUT2D eigenvalue weighted by Gasteiger charge is -2.33. The number of carboxylic acids is 1. The van der Waals surface area contributed by atoms with Gasteiger partial charge in [0.2, 0.25) is 0 Å². The van der Waals surface area contributed by atoms with E-state index in [1.807, 2.05) is 58.5 Å². The first kappa shape index (κ1) is 26.6. The van der Waals surface area contributed by atoms with Crippen LogP contribution in [0.1, 0.15) is 58.3 Å². The minimum Gasteiger partial charge on any atom is -0.479 e. The second-order valence-corrected chi connectivity index (χ2v) is 11.0. The molecule has 5 aromatic rings. The average Bonchev–Trinajstić information content (AvgIpc) is 3.78. The molecule has 6 rings (SSSR count). The maximum absolute atomic E-state index is 13.3. The lowest BCUT2D eigenvalue weighted by molar-refractivity contribution is -0.143. The minimum atomic E-state index is -1.10. The highest BCUT2D eigenvalue weighted by atomic mass is 32.1. The van der Waals surface area contributed by atoms with Crippen LogP contribution in [0.4, 0.5) is 0 Å². The van der Waals surface area contributed by atoms with Gasteiger partial charge < -0.3 is 14.6 Å². The van der Waals surface area contributed by atoms with Crippen molar-refractivity contribution in [2.45, 2.75) is 45.2 Å². The van der Waals surface area contributed by atoms with Gasteiger partial charge in [-0.3, -0.25) is 4.79 Å². The van der Waals surface area contributed by atoms with Crippen LogP contribution in [0.5, 0.6) is 0 Å². The number of tetrazole rings is 1. The Bertz CT molecular complexity index is 1660. The highest BCUT2D eigenvalue weighted by Gasteiger charge is 2.40.